The SMILES string of the molecule is Cc1cc(N)cc(S(=O)(=O)NCC(O)c2ccsc2)c1C. The Bertz CT molecular complexity index is 725. The lowest BCUT2D eigenvalue weighted by atomic mass is 10.1. The summed E-state index contributed by atoms with van der Waals surface area (Å²) < 4.78 is 27.1. The normalized spacial score (nSPS) is 13.3. The molecule has 0 amide bonds. The fourth-order valence-electron chi connectivity index (χ4n) is 1.98. The predicted octanol–water partition coefficient (Wildman–Crippen LogP) is 1.96. The number of hydrogen-bond donors (Lipinski definition) is 3. The summed E-state index contributed by atoms with van der Waals surface area (Å²) in [4.78, 5) is 0.150. The van der Waals surface area contributed by atoms with Gasteiger partial charge >= 0.3 is 0 Å². The fourth-order valence-corrected chi connectivity index (χ4v) is 4.08. The largest absolute Gasteiger partial charge is 0.399 e. The third-order valence-electron chi connectivity index (χ3n) is 3.33. The molecule has 1 aromatic heterocycles. The number of anilines is 1. The van der Waals surface area contributed by atoms with Crippen LogP contribution in [0.25, 0.3) is 0 Å². The number of nitrogens with two attached hydrogens (primary N) is 1. The summed E-state index contributed by atoms with van der Waals surface area (Å²) in [5, 5.41) is 13.6. The number of hydrogen-bond acceptors (Lipinski definition) is 5. The van der Waals surface area contributed by atoms with Gasteiger partial charge in [-0.05, 0) is 59.5 Å². The molecule has 7 heteroatoms. The molecular weight excluding hydrogens is 308 g/mol. The first-order valence-corrected chi connectivity index (χ1v) is 8.80. The van der Waals surface area contributed by atoms with Gasteiger partial charge < -0.3 is 10.8 Å². The van der Waals surface area contributed by atoms with Crippen molar-refractivity contribution >= 4 is 27.0 Å². The molecule has 0 bridgehead atoms. The monoisotopic (exact) mass is 326 g/mol. The van der Waals surface area contributed by atoms with E-state index in [1.54, 1.807) is 24.4 Å². The fraction of sp³-hybridized carbons (Fsp3) is 0.286. The molecule has 0 saturated carbocycles. The predicted molar refractivity (Wildman–Crippen MR) is 84.8 cm³/mol. The van der Waals surface area contributed by atoms with Crippen LogP contribution < -0.4 is 10.5 Å². The number of nitrogen functional groups attached to an aromatic ring is 1. The summed E-state index contributed by atoms with van der Waals surface area (Å²) in [6.07, 6.45) is -0.867. The van der Waals surface area contributed by atoms with Crippen molar-refractivity contribution < 1.29 is 13.5 Å². The lowest BCUT2D eigenvalue weighted by Gasteiger charge is -2.14. The molecule has 1 heterocycles. The Morgan fingerprint density at radius 2 is 2.10 bits per heavy atom. The van der Waals surface area contributed by atoms with Gasteiger partial charge in [-0.15, -0.1) is 0 Å². The molecule has 1 aromatic carbocycles. The van der Waals surface area contributed by atoms with Gasteiger partial charge in [0, 0.05) is 12.2 Å². The summed E-state index contributed by atoms with van der Waals surface area (Å²) in [6.45, 7) is 3.47. The van der Waals surface area contributed by atoms with Crippen molar-refractivity contribution in [2.45, 2.75) is 24.8 Å². The first-order valence-electron chi connectivity index (χ1n) is 6.38. The maximum atomic E-state index is 12.4. The third-order valence-corrected chi connectivity index (χ3v) is 5.58. The van der Waals surface area contributed by atoms with Gasteiger partial charge in [-0.25, -0.2) is 13.1 Å². The maximum absolute atomic E-state index is 12.4. The average molecular weight is 326 g/mol. The minimum atomic E-state index is -3.71. The zero-order valence-electron chi connectivity index (χ0n) is 11.8. The summed E-state index contributed by atoms with van der Waals surface area (Å²) in [7, 11) is -3.71. The number of aryl methyl sites for hydroxylation is 1. The van der Waals surface area contributed by atoms with E-state index in [9.17, 15) is 13.5 Å². The van der Waals surface area contributed by atoms with Crippen LogP contribution in [0.5, 0.6) is 0 Å². The molecule has 1 unspecified atom stereocenters. The molecule has 0 aliphatic rings. The Morgan fingerprint density at radius 1 is 1.38 bits per heavy atom. The van der Waals surface area contributed by atoms with E-state index in [2.05, 4.69) is 4.72 Å². The smallest absolute Gasteiger partial charge is 0.241 e. The van der Waals surface area contributed by atoms with Gasteiger partial charge in [0.15, 0.2) is 0 Å². The van der Waals surface area contributed by atoms with Crippen LogP contribution in [0.15, 0.2) is 33.9 Å². The molecule has 0 aliphatic carbocycles. The Morgan fingerprint density at radius 3 is 2.71 bits per heavy atom. The molecule has 5 nitrogen and oxygen atoms in total. The van der Waals surface area contributed by atoms with Crippen molar-refractivity contribution in [3.8, 4) is 0 Å². The van der Waals surface area contributed by atoms with E-state index in [0.717, 1.165) is 5.56 Å². The highest BCUT2D eigenvalue weighted by atomic mass is 32.2. The molecule has 21 heavy (non-hydrogen) atoms. The van der Waals surface area contributed by atoms with Crippen molar-refractivity contribution in [1.29, 1.82) is 0 Å². The molecule has 0 spiro atoms. The molecule has 2 aromatic rings. The minimum absolute atomic E-state index is 0.0770. The van der Waals surface area contributed by atoms with Crippen molar-refractivity contribution in [3.05, 3.63) is 45.6 Å². The van der Waals surface area contributed by atoms with E-state index in [0.29, 0.717) is 16.8 Å². The Balaban J connectivity index is 2.19. The molecule has 2 rings (SSSR count). The van der Waals surface area contributed by atoms with Crippen LogP contribution in [0.2, 0.25) is 0 Å². The molecule has 114 valence electrons. The van der Waals surface area contributed by atoms with Crippen LogP contribution in [0.3, 0.4) is 0 Å². The summed E-state index contributed by atoms with van der Waals surface area (Å²) in [5.74, 6) is 0. The van der Waals surface area contributed by atoms with Gasteiger partial charge in [0.1, 0.15) is 0 Å². The Kier molecular flexibility index (Phi) is 4.67. The Hall–Kier alpha value is -1.41. The van der Waals surface area contributed by atoms with Crippen LogP contribution in [0, 0.1) is 13.8 Å². The highest BCUT2D eigenvalue weighted by Crippen LogP contribution is 2.23. The molecule has 0 saturated heterocycles. The number of thiophene rings is 1. The quantitative estimate of drug-likeness (QED) is 0.732. The van der Waals surface area contributed by atoms with E-state index >= 15 is 0 Å². The molecule has 0 radical (unpaired) electrons. The second kappa shape index (κ2) is 6.15. The second-order valence-electron chi connectivity index (χ2n) is 4.89. The second-order valence-corrected chi connectivity index (χ2v) is 7.40. The number of sulfonamides is 1. The number of benzene rings is 1. The van der Waals surface area contributed by atoms with Crippen LogP contribution in [-0.4, -0.2) is 20.1 Å². The van der Waals surface area contributed by atoms with E-state index in [4.69, 9.17) is 5.73 Å². The van der Waals surface area contributed by atoms with Gasteiger partial charge in [0.05, 0.1) is 11.0 Å². The van der Waals surface area contributed by atoms with Crippen LogP contribution in [-0.2, 0) is 10.0 Å². The number of aliphatic hydroxyl groups excluding tert-OH is 1. The molecule has 0 aliphatic heterocycles. The first kappa shape index (κ1) is 16.0. The molecule has 0 fully saturated rings. The van der Waals surface area contributed by atoms with Gasteiger partial charge in [-0.1, -0.05) is 0 Å². The Labute approximate surface area is 128 Å². The number of aliphatic hydroxyl groups is 1. The first-order chi connectivity index (χ1) is 9.81. The topological polar surface area (TPSA) is 92.4 Å². The van der Waals surface area contributed by atoms with Crippen molar-refractivity contribution in [3.63, 3.8) is 0 Å². The molecule has 4 N–H and O–H groups in total. The van der Waals surface area contributed by atoms with Gasteiger partial charge in [0.25, 0.3) is 0 Å². The van der Waals surface area contributed by atoms with E-state index in [1.807, 2.05) is 12.3 Å². The van der Waals surface area contributed by atoms with Crippen LogP contribution >= 0.6 is 11.3 Å². The zero-order valence-corrected chi connectivity index (χ0v) is 13.5. The number of rotatable bonds is 5. The zero-order chi connectivity index (χ0) is 15.6. The van der Waals surface area contributed by atoms with E-state index in [1.165, 1.54) is 17.4 Å². The van der Waals surface area contributed by atoms with Crippen molar-refractivity contribution in [1.82, 2.24) is 4.72 Å². The van der Waals surface area contributed by atoms with E-state index in [-0.39, 0.29) is 11.4 Å². The number of nitrogens with one attached hydrogen (secondary N) is 1. The highest BCUT2D eigenvalue weighted by molar-refractivity contribution is 7.89. The van der Waals surface area contributed by atoms with Crippen molar-refractivity contribution in [2.24, 2.45) is 0 Å². The van der Waals surface area contributed by atoms with Gasteiger partial charge in [0.2, 0.25) is 10.0 Å². The van der Waals surface area contributed by atoms with Crippen molar-refractivity contribution in [2.75, 3.05) is 12.3 Å². The lowest BCUT2D eigenvalue weighted by molar-refractivity contribution is 0.182. The molecular formula is C14H18N2O3S2. The van der Waals surface area contributed by atoms with Crippen LogP contribution in [0.1, 0.15) is 22.8 Å². The lowest BCUT2D eigenvalue weighted by Crippen LogP contribution is -2.29. The third kappa shape index (κ3) is 3.62. The maximum Gasteiger partial charge on any atom is 0.241 e. The highest BCUT2D eigenvalue weighted by Gasteiger charge is 2.20. The summed E-state index contributed by atoms with van der Waals surface area (Å²) in [6, 6.07) is 4.93. The van der Waals surface area contributed by atoms with Gasteiger partial charge in [-0.3, -0.25) is 0 Å². The average Bonchev–Trinajstić information content (AvgIpc) is 2.94. The minimum Gasteiger partial charge on any atom is -0.399 e. The van der Waals surface area contributed by atoms with E-state index < -0.39 is 16.1 Å². The standard InChI is InChI=1S/C14H18N2O3S2/c1-9-5-12(15)6-14(10(9)2)21(18,19)16-7-13(17)11-3-4-20-8-11/h3-6,8,13,16-17H,7,15H2,1-2H3. The molecule has 1 atom stereocenters. The summed E-state index contributed by atoms with van der Waals surface area (Å²) >= 11 is 1.45. The van der Waals surface area contributed by atoms with Crippen LogP contribution in [0.4, 0.5) is 5.69 Å². The summed E-state index contributed by atoms with van der Waals surface area (Å²) in [5.41, 5.74) is 8.28. The van der Waals surface area contributed by atoms with Gasteiger partial charge in [-0.2, -0.15) is 11.3 Å².